The van der Waals surface area contributed by atoms with Gasteiger partial charge in [-0.25, -0.2) is 4.79 Å². The maximum Gasteiger partial charge on any atom is 0.318 e. The molecule has 0 unspecified atom stereocenters. The molecule has 3 aliphatic rings. The molecule has 2 aromatic rings. The first kappa shape index (κ1) is 24.4. The molecule has 1 aromatic heterocycles. The van der Waals surface area contributed by atoms with Crippen LogP contribution in [-0.4, -0.2) is 58.4 Å². The average Bonchev–Trinajstić information content (AvgIpc) is 3.36. The Morgan fingerprint density at radius 1 is 1.14 bits per heavy atom. The number of urea groups is 1. The highest BCUT2D eigenvalue weighted by Crippen LogP contribution is 2.49. The van der Waals surface area contributed by atoms with Gasteiger partial charge in [0.25, 0.3) is 5.56 Å². The first-order valence-electron chi connectivity index (χ1n) is 12.7. The summed E-state index contributed by atoms with van der Waals surface area (Å²) in [6, 6.07) is 9.33. The van der Waals surface area contributed by atoms with E-state index in [9.17, 15) is 19.5 Å². The fourth-order valence-electron chi connectivity index (χ4n) is 5.94. The summed E-state index contributed by atoms with van der Waals surface area (Å²) in [6.07, 6.45) is 2.93. The Balaban J connectivity index is 1.57. The molecule has 36 heavy (non-hydrogen) atoms. The standard InChI is InChI=1S/C27H34N4O5/c1-15(2)28-27(35)31-23-19(20(14-32)24(31)25(33)29-16-7-6-8-16)13-30-21(23)12-11-18(26(30)34)17-9-4-5-10-22(17)36-3/h4-5,9-12,15-16,19-20,23-24,32H,6-8,13-14H2,1-3H3,(H,28,35)(H,29,33)/t19-,20-,23+,24-/m0/s1. The highest BCUT2D eigenvalue weighted by atomic mass is 16.5. The van der Waals surface area contributed by atoms with Crippen LogP contribution in [0.2, 0.25) is 0 Å². The van der Waals surface area contributed by atoms with Gasteiger partial charge in [0.1, 0.15) is 11.8 Å². The second-order valence-corrected chi connectivity index (χ2v) is 10.3. The van der Waals surface area contributed by atoms with Gasteiger partial charge >= 0.3 is 6.03 Å². The van der Waals surface area contributed by atoms with E-state index in [-0.39, 0.29) is 42.1 Å². The van der Waals surface area contributed by atoms with Crippen molar-refractivity contribution in [2.45, 2.75) is 63.8 Å². The number of nitrogens with zero attached hydrogens (tertiary/aromatic N) is 2. The first-order valence-corrected chi connectivity index (χ1v) is 12.7. The SMILES string of the molecule is COc1ccccc1-c1ccc2n(c1=O)C[C@H]1[C@H](CO)[C@@H](C(=O)NC3CCC3)N(C(=O)NC(C)C)[C@@H]21. The lowest BCUT2D eigenvalue weighted by atomic mass is 9.87. The van der Waals surface area contributed by atoms with Crippen LogP contribution in [0.3, 0.4) is 0 Å². The van der Waals surface area contributed by atoms with Crippen molar-refractivity contribution in [1.29, 1.82) is 0 Å². The van der Waals surface area contributed by atoms with Gasteiger partial charge in [-0.2, -0.15) is 0 Å². The molecule has 5 rings (SSSR count). The largest absolute Gasteiger partial charge is 0.496 e. The number of carbonyl (C=O) groups is 2. The number of hydrogen-bond donors (Lipinski definition) is 3. The lowest BCUT2D eigenvalue weighted by Gasteiger charge is -2.34. The van der Waals surface area contributed by atoms with Crippen molar-refractivity contribution >= 4 is 11.9 Å². The lowest BCUT2D eigenvalue weighted by Crippen LogP contribution is -2.56. The molecule has 0 bridgehead atoms. The molecule has 192 valence electrons. The van der Waals surface area contributed by atoms with Crippen LogP contribution in [0.4, 0.5) is 4.79 Å². The quantitative estimate of drug-likeness (QED) is 0.570. The van der Waals surface area contributed by atoms with Crippen molar-refractivity contribution in [2.24, 2.45) is 11.8 Å². The summed E-state index contributed by atoms with van der Waals surface area (Å²) in [5.74, 6) is -0.369. The number of rotatable bonds is 6. The maximum atomic E-state index is 13.7. The van der Waals surface area contributed by atoms with Crippen molar-refractivity contribution in [3.8, 4) is 16.9 Å². The van der Waals surface area contributed by atoms with Gasteiger partial charge in [-0.05, 0) is 51.3 Å². The van der Waals surface area contributed by atoms with Crippen LogP contribution in [0, 0.1) is 11.8 Å². The Labute approximate surface area is 210 Å². The molecule has 1 aromatic carbocycles. The molecular weight excluding hydrogens is 460 g/mol. The van der Waals surface area contributed by atoms with Crippen molar-refractivity contribution in [2.75, 3.05) is 13.7 Å². The molecule has 3 amide bonds. The van der Waals surface area contributed by atoms with Crippen molar-refractivity contribution in [1.82, 2.24) is 20.1 Å². The molecule has 0 spiro atoms. The van der Waals surface area contributed by atoms with Crippen LogP contribution in [0.5, 0.6) is 5.75 Å². The first-order chi connectivity index (χ1) is 17.3. The topological polar surface area (TPSA) is 113 Å². The second kappa shape index (κ2) is 9.61. The van der Waals surface area contributed by atoms with E-state index in [1.54, 1.807) is 22.6 Å². The number of amides is 3. The number of aliphatic hydroxyl groups is 1. The Bertz CT molecular complexity index is 1220. The van der Waals surface area contributed by atoms with Gasteiger partial charge in [0, 0.05) is 48.3 Å². The zero-order valence-corrected chi connectivity index (χ0v) is 20.9. The summed E-state index contributed by atoms with van der Waals surface area (Å²) < 4.78 is 7.16. The van der Waals surface area contributed by atoms with Gasteiger partial charge in [0.05, 0.1) is 18.7 Å². The zero-order valence-electron chi connectivity index (χ0n) is 20.9. The minimum absolute atomic E-state index is 0.116. The summed E-state index contributed by atoms with van der Waals surface area (Å²) in [5, 5.41) is 16.4. The molecule has 3 N–H and O–H groups in total. The number of aromatic nitrogens is 1. The molecule has 2 aliphatic heterocycles. The summed E-state index contributed by atoms with van der Waals surface area (Å²) in [6.45, 7) is 3.80. The van der Waals surface area contributed by atoms with E-state index < -0.39 is 18.0 Å². The van der Waals surface area contributed by atoms with Gasteiger partial charge in [0.2, 0.25) is 5.91 Å². The third-order valence-corrected chi connectivity index (χ3v) is 7.84. The number of para-hydroxylation sites is 1. The average molecular weight is 495 g/mol. The third-order valence-electron chi connectivity index (χ3n) is 7.84. The van der Waals surface area contributed by atoms with Crippen LogP contribution >= 0.6 is 0 Å². The number of fused-ring (bicyclic) bond motifs is 3. The van der Waals surface area contributed by atoms with E-state index in [0.29, 0.717) is 29.1 Å². The third kappa shape index (κ3) is 3.95. The van der Waals surface area contributed by atoms with Gasteiger partial charge in [-0.3, -0.25) is 9.59 Å². The summed E-state index contributed by atoms with van der Waals surface area (Å²) in [5.41, 5.74) is 1.71. The monoisotopic (exact) mass is 494 g/mol. The number of benzene rings is 1. The van der Waals surface area contributed by atoms with Gasteiger partial charge in [0.15, 0.2) is 0 Å². The molecule has 0 radical (unpaired) electrons. The van der Waals surface area contributed by atoms with Crippen molar-refractivity contribution < 1.29 is 19.4 Å². The number of aliphatic hydroxyl groups excluding tert-OH is 1. The number of pyridine rings is 1. The minimum atomic E-state index is -0.804. The number of ether oxygens (including phenoxy) is 1. The molecule has 1 aliphatic carbocycles. The van der Waals surface area contributed by atoms with E-state index in [1.807, 2.05) is 44.2 Å². The second-order valence-electron chi connectivity index (χ2n) is 10.3. The Kier molecular flexibility index (Phi) is 6.51. The molecule has 9 nitrogen and oxygen atoms in total. The van der Waals surface area contributed by atoms with Crippen LogP contribution in [-0.2, 0) is 11.3 Å². The van der Waals surface area contributed by atoms with Crippen molar-refractivity contribution in [3.05, 3.63) is 52.4 Å². The lowest BCUT2D eigenvalue weighted by molar-refractivity contribution is -0.128. The Morgan fingerprint density at radius 3 is 2.53 bits per heavy atom. The van der Waals surface area contributed by atoms with Gasteiger partial charge in [-0.1, -0.05) is 18.2 Å². The van der Waals surface area contributed by atoms with Crippen LogP contribution in [0.25, 0.3) is 11.1 Å². The van der Waals surface area contributed by atoms with Crippen LogP contribution < -0.4 is 20.9 Å². The summed E-state index contributed by atoms with van der Waals surface area (Å²) in [4.78, 5) is 42.1. The maximum absolute atomic E-state index is 13.7. The smallest absolute Gasteiger partial charge is 0.318 e. The minimum Gasteiger partial charge on any atom is -0.496 e. The number of nitrogens with one attached hydrogen (secondary N) is 2. The van der Waals surface area contributed by atoms with Crippen LogP contribution in [0.1, 0.15) is 44.8 Å². The normalized spacial score (nSPS) is 24.8. The number of hydrogen-bond acceptors (Lipinski definition) is 5. The molecule has 1 saturated carbocycles. The fourth-order valence-corrected chi connectivity index (χ4v) is 5.94. The van der Waals surface area contributed by atoms with E-state index in [0.717, 1.165) is 19.3 Å². The Hall–Kier alpha value is -3.33. The van der Waals surface area contributed by atoms with E-state index in [1.165, 1.54) is 0 Å². The molecular formula is C27H34N4O5. The van der Waals surface area contributed by atoms with Crippen molar-refractivity contribution in [3.63, 3.8) is 0 Å². The summed E-state index contributed by atoms with van der Waals surface area (Å²) >= 11 is 0. The van der Waals surface area contributed by atoms with E-state index >= 15 is 0 Å². The predicted octanol–water partition coefficient (Wildman–Crippen LogP) is 2.27. The number of carbonyl (C=O) groups excluding carboxylic acids is 2. The van der Waals surface area contributed by atoms with Crippen LogP contribution in [0.15, 0.2) is 41.2 Å². The molecule has 4 atom stereocenters. The highest BCUT2D eigenvalue weighted by molar-refractivity contribution is 5.89. The van der Waals surface area contributed by atoms with Gasteiger partial charge in [-0.15, -0.1) is 0 Å². The molecule has 1 saturated heterocycles. The van der Waals surface area contributed by atoms with E-state index in [4.69, 9.17) is 4.74 Å². The predicted molar refractivity (Wildman–Crippen MR) is 135 cm³/mol. The Morgan fingerprint density at radius 2 is 1.89 bits per heavy atom. The highest BCUT2D eigenvalue weighted by Gasteiger charge is 2.57. The molecule has 3 heterocycles. The summed E-state index contributed by atoms with van der Waals surface area (Å²) in [7, 11) is 1.57. The zero-order chi connectivity index (χ0) is 25.6. The fraction of sp³-hybridized carbons (Fsp3) is 0.519. The molecule has 2 fully saturated rings. The number of likely N-dealkylation sites (tertiary alicyclic amines) is 1. The van der Waals surface area contributed by atoms with Gasteiger partial charge < -0.3 is 29.9 Å². The van der Waals surface area contributed by atoms with E-state index in [2.05, 4.69) is 10.6 Å². The number of methoxy groups -OCH3 is 1. The molecule has 9 heteroatoms.